The predicted octanol–water partition coefficient (Wildman–Crippen LogP) is 5.43. The van der Waals surface area contributed by atoms with Gasteiger partial charge in [0.05, 0.1) is 17.2 Å². The lowest BCUT2D eigenvalue weighted by atomic mass is 9.93. The molecule has 0 saturated heterocycles. The largest absolute Gasteiger partial charge is 0.434 e. The van der Waals surface area contributed by atoms with Crippen LogP contribution in [-0.4, -0.2) is 13.7 Å². The molecule has 0 saturated carbocycles. The summed E-state index contributed by atoms with van der Waals surface area (Å²) in [4.78, 5) is 0. The van der Waals surface area contributed by atoms with Crippen LogP contribution in [0.25, 0.3) is 16.7 Å². The maximum atomic E-state index is 14.4. The number of nitrogens with one attached hydrogen (secondary N) is 1. The molecule has 0 aliphatic heterocycles. The van der Waals surface area contributed by atoms with Gasteiger partial charge in [0.25, 0.3) is 0 Å². The Bertz CT molecular complexity index is 854. The third-order valence-corrected chi connectivity index (χ3v) is 3.87. The molecule has 130 valence electrons. The minimum Gasteiger partial charge on any atom is -0.434 e. The lowest BCUT2D eigenvalue weighted by Gasteiger charge is -2.17. The minimum absolute atomic E-state index is 0.154. The van der Waals surface area contributed by atoms with Crippen LogP contribution in [0.1, 0.15) is 25.0 Å². The number of nitriles is 1. The molecule has 0 bridgehead atoms. The van der Waals surface area contributed by atoms with E-state index in [-0.39, 0.29) is 22.4 Å². The highest BCUT2D eigenvalue weighted by molar-refractivity contribution is 5.85. The average molecular weight is 346 g/mol. The maximum Gasteiger partial charge on any atom is 0.387 e. The molecule has 0 heterocycles. The molecule has 0 aliphatic rings. The van der Waals surface area contributed by atoms with Gasteiger partial charge in [-0.1, -0.05) is 12.1 Å². The molecule has 0 fully saturated rings. The number of hydrogen-bond donors (Lipinski definition) is 1. The standard InChI is InChI=1S/C19H17F3N2O/c1-4-11(2)13-9-14(12(10-23)8-16(13)24-3)18-15(20)6-5-7-17(18)25-19(21)22/h4-9,19,24H,1-3H3/b11-4-. The first-order valence-corrected chi connectivity index (χ1v) is 7.55. The monoisotopic (exact) mass is 346 g/mol. The zero-order chi connectivity index (χ0) is 18.6. The molecule has 6 heteroatoms. The Morgan fingerprint density at radius 1 is 1.32 bits per heavy atom. The van der Waals surface area contributed by atoms with Crippen LogP contribution in [0.2, 0.25) is 0 Å². The van der Waals surface area contributed by atoms with Crippen molar-refractivity contribution in [3.63, 3.8) is 0 Å². The number of anilines is 1. The molecule has 1 N–H and O–H groups in total. The van der Waals surface area contributed by atoms with Gasteiger partial charge in [-0.25, -0.2) is 4.39 Å². The Kier molecular flexibility index (Phi) is 5.71. The maximum absolute atomic E-state index is 14.4. The van der Waals surface area contributed by atoms with Gasteiger partial charge in [0, 0.05) is 23.9 Å². The Morgan fingerprint density at radius 2 is 2.04 bits per heavy atom. The Hall–Kier alpha value is -2.94. The highest BCUT2D eigenvalue weighted by Gasteiger charge is 2.20. The van der Waals surface area contributed by atoms with E-state index in [1.165, 1.54) is 12.1 Å². The Morgan fingerprint density at radius 3 is 2.60 bits per heavy atom. The summed E-state index contributed by atoms with van der Waals surface area (Å²) in [6.45, 7) is 0.616. The van der Waals surface area contributed by atoms with E-state index in [4.69, 9.17) is 0 Å². The number of rotatable bonds is 5. The van der Waals surface area contributed by atoms with Gasteiger partial charge in [-0.2, -0.15) is 14.0 Å². The first-order chi connectivity index (χ1) is 11.9. The van der Waals surface area contributed by atoms with Gasteiger partial charge >= 0.3 is 6.61 Å². The zero-order valence-corrected chi connectivity index (χ0v) is 14.0. The molecule has 2 rings (SSSR count). The molecule has 2 aromatic carbocycles. The van der Waals surface area contributed by atoms with Gasteiger partial charge in [0.15, 0.2) is 0 Å². The Labute approximate surface area is 144 Å². The summed E-state index contributed by atoms with van der Waals surface area (Å²) in [5.74, 6) is -1.05. The Balaban J connectivity index is 2.81. The molecule has 0 aromatic heterocycles. The number of alkyl halides is 2. The van der Waals surface area contributed by atoms with Crippen LogP contribution in [0.4, 0.5) is 18.9 Å². The third-order valence-electron chi connectivity index (χ3n) is 3.87. The van der Waals surface area contributed by atoms with Gasteiger partial charge in [0.2, 0.25) is 0 Å². The molecule has 2 aromatic rings. The van der Waals surface area contributed by atoms with Crippen molar-refractivity contribution >= 4 is 11.3 Å². The second kappa shape index (κ2) is 7.75. The minimum atomic E-state index is -3.10. The van der Waals surface area contributed by atoms with Crippen molar-refractivity contribution in [3.05, 3.63) is 53.4 Å². The quantitative estimate of drug-likeness (QED) is 0.785. The lowest BCUT2D eigenvalue weighted by Crippen LogP contribution is -2.05. The molecule has 0 amide bonds. The molecule has 0 atom stereocenters. The molecular formula is C19H17F3N2O. The first kappa shape index (κ1) is 18.4. The van der Waals surface area contributed by atoms with Crippen LogP contribution >= 0.6 is 0 Å². The SMILES string of the molecule is C/C=C(/C)c1cc(-c2c(F)cccc2OC(F)F)c(C#N)cc1NC. The van der Waals surface area contributed by atoms with Crippen LogP contribution in [0.5, 0.6) is 5.75 Å². The summed E-state index contributed by atoms with van der Waals surface area (Å²) in [6.07, 6.45) is 1.86. The van der Waals surface area contributed by atoms with E-state index in [0.717, 1.165) is 17.2 Å². The molecular weight excluding hydrogens is 329 g/mol. The number of nitrogens with zero attached hydrogens (tertiary/aromatic N) is 1. The van der Waals surface area contributed by atoms with Crippen molar-refractivity contribution in [2.45, 2.75) is 20.5 Å². The van der Waals surface area contributed by atoms with Crippen LogP contribution in [0.15, 0.2) is 36.4 Å². The van der Waals surface area contributed by atoms with E-state index in [0.29, 0.717) is 5.69 Å². The number of hydrogen-bond acceptors (Lipinski definition) is 3. The summed E-state index contributed by atoms with van der Waals surface area (Å²) in [7, 11) is 1.71. The van der Waals surface area contributed by atoms with Crippen LogP contribution in [0, 0.1) is 17.1 Å². The molecule has 3 nitrogen and oxygen atoms in total. The zero-order valence-electron chi connectivity index (χ0n) is 14.0. The smallest absolute Gasteiger partial charge is 0.387 e. The summed E-state index contributed by atoms with van der Waals surface area (Å²) < 4.78 is 44.3. The van der Waals surface area contributed by atoms with Crippen molar-refractivity contribution in [1.29, 1.82) is 5.26 Å². The highest BCUT2D eigenvalue weighted by atomic mass is 19.3. The van der Waals surface area contributed by atoms with E-state index >= 15 is 0 Å². The second-order valence-electron chi connectivity index (χ2n) is 5.27. The number of allylic oxidation sites excluding steroid dienone is 2. The van der Waals surface area contributed by atoms with Gasteiger partial charge in [0.1, 0.15) is 11.6 Å². The summed E-state index contributed by atoms with van der Waals surface area (Å²) in [6, 6.07) is 8.84. The molecule has 25 heavy (non-hydrogen) atoms. The van der Waals surface area contributed by atoms with E-state index in [1.807, 2.05) is 26.0 Å². The van der Waals surface area contributed by atoms with Crippen LogP contribution in [0.3, 0.4) is 0 Å². The van der Waals surface area contributed by atoms with Gasteiger partial charge < -0.3 is 10.1 Å². The fraction of sp³-hybridized carbons (Fsp3) is 0.211. The normalized spacial score (nSPS) is 11.4. The summed E-state index contributed by atoms with van der Waals surface area (Å²) >= 11 is 0. The topological polar surface area (TPSA) is 45.0 Å². The molecule has 0 spiro atoms. The molecule has 0 radical (unpaired) electrons. The van der Waals surface area contributed by atoms with Crippen LogP contribution < -0.4 is 10.1 Å². The lowest BCUT2D eigenvalue weighted by molar-refractivity contribution is -0.0495. The number of halogens is 3. The predicted molar refractivity (Wildman–Crippen MR) is 92.1 cm³/mol. The van der Waals surface area contributed by atoms with E-state index < -0.39 is 12.4 Å². The fourth-order valence-corrected chi connectivity index (χ4v) is 2.55. The van der Waals surface area contributed by atoms with Crippen molar-refractivity contribution in [2.75, 3.05) is 12.4 Å². The van der Waals surface area contributed by atoms with Crippen molar-refractivity contribution < 1.29 is 17.9 Å². The summed E-state index contributed by atoms with van der Waals surface area (Å²) in [5, 5.41) is 12.4. The fourth-order valence-electron chi connectivity index (χ4n) is 2.55. The number of benzene rings is 2. The van der Waals surface area contributed by atoms with E-state index in [1.54, 1.807) is 19.2 Å². The number of ether oxygens (including phenoxy) is 1. The van der Waals surface area contributed by atoms with Crippen molar-refractivity contribution in [1.82, 2.24) is 0 Å². The average Bonchev–Trinajstić information content (AvgIpc) is 2.59. The molecule has 0 aliphatic carbocycles. The van der Waals surface area contributed by atoms with E-state index in [9.17, 15) is 18.4 Å². The van der Waals surface area contributed by atoms with Gasteiger partial charge in [-0.3, -0.25) is 0 Å². The van der Waals surface area contributed by atoms with E-state index in [2.05, 4.69) is 10.1 Å². The molecule has 0 unspecified atom stereocenters. The van der Waals surface area contributed by atoms with Crippen molar-refractivity contribution in [3.8, 4) is 22.9 Å². The highest BCUT2D eigenvalue weighted by Crippen LogP contribution is 2.39. The first-order valence-electron chi connectivity index (χ1n) is 7.55. The van der Waals surface area contributed by atoms with Gasteiger partial charge in [-0.15, -0.1) is 0 Å². The van der Waals surface area contributed by atoms with Gasteiger partial charge in [-0.05, 0) is 43.7 Å². The second-order valence-corrected chi connectivity index (χ2v) is 5.27. The van der Waals surface area contributed by atoms with Crippen LogP contribution in [-0.2, 0) is 0 Å². The summed E-state index contributed by atoms with van der Waals surface area (Å²) in [5.41, 5.74) is 2.51. The van der Waals surface area contributed by atoms with Crippen molar-refractivity contribution in [2.24, 2.45) is 0 Å². The third kappa shape index (κ3) is 3.77.